The van der Waals surface area contributed by atoms with Crippen LogP contribution in [0.2, 0.25) is 0 Å². The fourth-order valence-electron chi connectivity index (χ4n) is 2.70. The molecule has 0 unspecified atom stereocenters. The number of hydrogen-bond donors (Lipinski definition) is 3. The molecule has 0 spiro atoms. The van der Waals surface area contributed by atoms with Gasteiger partial charge in [-0.1, -0.05) is 29.8 Å². The van der Waals surface area contributed by atoms with Crippen molar-refractivity contribution in [1.29, 1.82) is 0 Å². The summed E-state index contributed by atoms with van der Waals surface area (Å²) in [6.45, 7) is 1.80. The standard InChI is InChI=1S/C18H24N2O4S/c1-13-2-4-14(5-3-13)6-7-15(21)19-12-16(22)20-18(17(23)24)8-10-25-11-9-18/h2-5H,6-12H2,1H3,(H,19,21)(H,20,22)(H,23,24). The van der Waals surface area contributed by atoms with Crippen LogP contribution in [0.4, 0.5) is 0 Å². The van der Waals surface area contributed by atoms with Crippen molar-refractivity contribution in [2.24, 2.45) is 0 Å². The molecule has 0 aliphatic carbocycles. The van der Waals surface area contributed by atoms with E-state index in [4.69, 9.17) is 0 Å². The molecule has 1 fully saturated rings. The number of carbonyl (C=O) groups is 3. The van der Waals surface area contributed by atoms with E-state index in [1.54, 1.807) is 11.8 Å². The van der Waals surface area contributed by atoms with Crippen LogP contribution in [0.1, 0.15) is 30.4 Å². The zero-order valence-corrected chi connectivity index (χ0v) is 15.2. The summed E-state index contributed by atoms with van der Waals surface area (Å²) >= 11 is 1.68. The number of benzene rings is 1. The minimum atomic E-state index is -1.20. The Morgan fingerprint density at radius 3 is 2.36 bits per heavy atom. The number of amides is 2. The third kappa shape index (κ3) is 5.77. The normalized spacial score (nSPS) is 16.0. The molecule has 1 aromatic carbocycles. The largest absolute Gasteiger partial charge is 0.480 e. The molecule has 1 aromatic rings. The Bertz CT molecular complexity index is 624. The number of aryl methyl sites for hydroxylation is 2. The molecule has 0 saturated carbocycles. The van der Waals surface area contributed by atoms with Crippen molar-refractivity contribution in [2.75, 3.05) is 18.1 Å². The number of rotatable bonds is 7. The molecule has 0 aromatic heterocycles. The smallest absolute Gasteiger partial charge is 0.329 e. The summed E-state index contributed by atoms with van der Waals surface area (Å²) < 4.78 is 0. The molecule has 1 saturated heterocycles. The Morgan fingerprint density at radius 2 is 1.76 bits per heavy atom. The molecular weight excluding hydrogens is 340 g/mol. The zero-order chi connectivity index (χ0) is 18.3. The molecule has 1 aliphatic rings. The first-order chi connectivity index (χ1) is 11.9. The summed E-state index contributed by atoms with van der Waals surface area (Å²) in [6.07, 6.45) is 1.70. The van der Waals surface area contributed by atoms with Crippen LogP contribution >= 0.6 is 11.8 Å². The van der Waals surface area contributed by atoms with Crippen molar-refractivity contribution in [1.82, 2.24) is 10.6 Å². The number of thioether (sulfide) groups is 1. The van der Waals surface area contributed by atoms with Crippen molar-refractivity contribution >= 4 is 29.5 Å². The Morgan fingerprint density at radius 1 is 1.12 bits per heavy atom. The fourth-order valence-corrected chi connectivity index (χ4v) is 3.89. The van der Waals surface area contributed by atoms with Gasteiger partial charge in [-0.3, -0.25) is 9.59 Å². The van der Waals surface area contributed by atoms with E-state index in [9.17, 15) is 19.5 Å². The number of carbonyl (C=O) groups excluding carboxylic acids is 2. The van der Waals surface area contributed by atoms with Gasteiger partial charge in [-0.25, -0.2) is 4.79 Å². The van der Waals surface area contributed by atoms with Crippen LogP contribution in [0.3, 0.4) is 0 Å². The minimum Gasteiger partial charge on any atom is -0.480 e. The fraction of sp³-hybridized carbons (Fsp3) is 0.500. The maximum atomic E-state index is 12.0. The van der Waals surface area contributed by atoms with E-state index in [0.717, 1.165) is 5.56 Å². The van der Waals surface area contributed by atoms with Gasteiger partial charge in [-0.05, 0) is 43.3 Å². The zero-order valence-electron chi connectivity index (χ0n) is 14.3. The van der Waals surface area contributed by atoms with Gasteiger partial charge in [0.25, 0.3) is 0 Å². The van der Waals surface area contributed by atoms with Crippen molar-refractivity contribution in [3.8, 4) is 0 Å². The molecule has 7 heteroatoms. The van der Waals surface area contributed by atoms with Gasteiger partial charge in [0.1, 0.15) is 5.54 Å². The van der Waals surface area contributed by atoms with E-state index in [-0.39, 0.29) is 18.9 Å². The molecule has 25 heavy (non-hydrogen) atoms. The van der Waals surface area contributed by atoms with E-state index in [2.05, 4.69) is 10.6 Å². The molecule has 3 N–H and O–H groups in total. The summed E-state index contributed by atoms with van der Waals surface area (Å²) in [6, 6.07) is 7.95. The van der Waals surface area contributed by atoms with Gasteiger partial charge < -0.3 is 15.7 Å². The van der Waals surface area contributed by atoms with E-state index in [1.165, 1.54) is 5.56 Å². The molecule has 1 aliphatic heterocycles. The lowest BCUT2D eigenvalue weighted by Gasteiger charge is -2.33. The van der Waals surface area contributed by atoms with E-state index >= 15 is 0 Å². The Labute approximate surface area is 151 Å². The monoisotopic (exact) mass is 364 g/mol. The minimum absolute atomic E-state index is 0.199. The first-order valence-electron chi connectivity index (χ1n) is 8.36. The Kier molecular flexibility index (Phi) is 6.87. The summed E-state index contributed by atoms with van der Waals surface area (Å²) in [5.74, 6) is -0.283. The maximum Gasteiger partial charge on any atom is 0.329 e. The average molecular weight is 364 g/mol. The second-order valence-corrected chi connectivity index (χ2v) is 7.53. The van der Waals surface area contributed by atoms with Gasteiger partial charge in [-0.15, -0.1) is 0 Å². The van der Waals surface area contributed by atoms with Crippen LogP contribution in [0.15, 0.2) is 24.3 Å². The van der Waals surface area contributed by atoms with Gasteiger partial charge in [-0.2, -0.15) is 11.8 Å². The summed E-state index contributed by atoms with van der Waals surface area (Å²) in [5, 5.41) is 14.6. The molecule has 0 bridgehead atoms. The number of carboxylic acid groups (broad SMARTS) is 1. The molecule has 0 atom stereocenters. The van der Waals surface area contributed by atoms with Crippen molar-refractivity contribution < 1.29 is 19.5 Å². The highest BCUT2D eigenvalue weighted by molar-refractivity contribution is 7.99. The highest BCUT2D eigenvalue weighted by Crippen LogP contribution is 2.27. The van der Waals surface area contributed by atoms with Crippen molar-refractivity contribution in [3.05, 3.63) is 35.4 Å². The summed E-state index contributed by atoms with van der Waals surface area (Å²) in [7, 11) is 0. The average Bonchev–Trinajstić information content (AvgIpc) is 2.60. The Balaban J connectivity index is 1.75. The third-order valence-corrected chi connectivity index (χ3v) is 5.33. The van der Waals surface area contributed by atoms with Crippen LogP contribution in [-0.2, 0) is 20.8 Å². The Hall–Kier alpha value is -2.02. The first kappa shape index (κ1) is 19.3. The second-order valence-electron chi connectivity index (χ2n) is 6.31. The molecule has 1 heterocycles. The molecule has 136 valence electrons. The van der Waals surface area contributed by atoms with Crippen LogP contribution in [-0.4, -0.2) is 46.5 Å². The molecule has 2 rings (SSSR count). The van der Waals surface area contributed by atoms with Gasteiger partial charge >= 0.3 is 5.97 Å². The first-order valence-corrected chi connectivity index (χ1v) is 9.51. The van der Waals surface area contributed by atoms with Crippen LogP contribution in [0, 0.1) is 6.92 Å². The van der Waals surface area contributed by atoms with Crippen LogP contribution in [0.5, 0.6) is 0 Å². The third-order valence-electron chi connectivity index (χ3n) is 4.34. The lowest BCUT2D eigenvalue weighted by molar-refractivity contribution is -0.148. The topological polar surface area (TPSA) is 95.5 Å². The number of hydrogen-bond acceptors (Lipinski definition) is 4. The quantitative estimate of drug-likeness (QED) is 0.682. The predicted molar refractivity (Wildman–Crippen MR) is 97.6 cm³/mol. The lowest BCUT2D eigenvalue weighted by Crippen LogP contribution is -2.58. The summed E-state index contributed by atoms with van der Waals surface area (Å²) in [4.78, 5) is 35.4. The van der Waals surface area contributed by atoms with Gasteiger partial charge in [0.2, 0.25) is 11.8 Å². The highest BCUT2D eigenvalue weighted by atomic mass is 32.2. The number of aliphatic carboxylic acids is 1. The molecule has 2 amide bonds. The van der Waals surface area contributed by atoms with Gasteiger partial charge in [0.15, 0.2) is 0 Å². The van der Waals surface area contributed by atoms with Crippen molar-refractivity contribution in [2.45, 2.75) is 38.1 Å². The van der Waals surface area contributed by atoms with Crippen LogP contribution in [0.25, 0.3) is 0 Å². The van der Waals surface area contributed by atoms with Crippen molar-refractivity contribution in [3.63, 3.8) is 0 Å². The molecular formula is C18H24N2O4S. The maximum absolute atomic E-state index is 12.0. The second kappa shape index (κ2) is 8.89. The number of carboxylic acids is 1. The highest BCUT2D eigenvalue weighted by Gasteiger charge is 2.41. The SMILES string of the molecule is Cc1ccc(CCC(=O)NCC(=O)NC2(C(=O)O)CCSCC2)cc1. The lowest BCUT2D eigenvalue weighted by atomic mass is 9.92. The van der Waals surface area contributed by atoms with E-state index in [1.807, 2.05) is 31.2 Å². The molecule has 0 radical (unpaired) electrons. The van der Waals surface area contributed by atoms with Gasteiger partial charge in [0.05, 0.1) is 6.54 Å². The van der Waals surface area contributed by atoms with E-state index < -0.39 is 17.4 Å². The predicted octanol–water partition coefficient (Wildman–Crippen LogP) is 1.51. The van der Waals surface area contributed by atoms with Gasteiger partial charge in [0, 0.05) is 6.42 Å². The molecule has 6 nitrogen and oxygen atoms in total. The summed E-state index contributed by atoms with van der Waals surface area (Å²) in [5.41, 5.74) is 1.03. The number of nitrogens with one attached hydrogen (secondary N) is 2. The van der Waals surface area contributed by atoms with Crippen LogP contribution < -0.4 is 10.6 Å². The van der Waals surface area contributed by atoms with E-state index in [0.29, 0.717) is 30.8 Å².